The number of amides is 1. The summed E-state index contributed by atoms with van der Waals surface area (Å²) in [5.41, 5.74) is 3.26. The highest BCUT2D eigenvalue weighted by Crippen LogP contribution is 2.32. The van der Waals surface area contributed by atoms with E-state index >= 15 is 0 Å². The summed E-state index contributed by atoms with van der Waals surface area (Å²) < 4.78 is 50.0. The summed E-state index contributed by atoms with van der Waals surface area (Å²) in [6.07, 6.45) is 5.51. The first-order chi connectivity index (χ1) is 17.1. The molecule has 2 heterocycles. The molecule has 0 bridgehead atoms. The fourth-order valence-corrected chi connectivity index (χ4v) is 4.93. The van der Waals surface area contributed by atoms with Gasteiger partial charge in [0.15, 0.2) is 0 Å². The SMILES string of the molecule is COc1cc(/C=C2/C(=O)N([C@@H](C)c3ccc(F)cc3)CCC2OS(C)(=O)=O)ccc1-n1cnc(C)c1. The molecule has 4 rings (SSSR count). The minimum atomic E-state index is -3.81. The molecule has 1 amide bonds. The van der Waals surface area contributed by atoms with Crippen LogP contribution in [0.2, 0.25) is 0 Å². The van der Waals surface area contributed by atoms with Crippen molar-refractivity contribution in [2.24, 2.45) is 0 Å². The lowest BCUT2D eigenvalue weighted by molar-refractivity contribution is -0.132. The largest absolute Gasteiger partial charge is 0.495 e. The molecule has 0 N–H and O–H groups in total. The third kappa shape index (κ3) is 5.66. The fourth-order valence-electron chi connectivity index (χ4n) is 4.30. The summed E-state index contributed by atoms with van der Waals surface area (Å²) in [5, 5.41) is 0. The van der Waals surface area contributed by atoms with Gasteiger partial charge in [0.05, 0.1) is 37.1 Å². The number of hydrogen-bond acceptors (Lipinski definition) is 6. The van der Waals surface area contributed by atoms with Crippen molar-refractivity contribution in [2.45, 2.75) is 32.4 Å². The summed E-state index contributed by atoms with van der Waals surface area (Å²) in [6, 6.07) is 11.0. The molecule has 190 valence electrons. The number of ether oxygens (including phenoxy) is 1. The first-order valence-electron chi connectivity index (χ1n) is 11.4. The number of methoxy groups -OCH3 is 1. The van der Waals surface area contributed by atoms with Crippen LogP contribution < -0.4 is 4.74 Å². The van der Waals surface area contributed by atoms with Crippen molar-refractivity contribution in [3.63, 3.8) is 0 Å². The molecule has 0 radical (unpaired) electrons. The molecule has 2 aromatic carbocycles. The fraction of sp³-hybridized carbons (Fsp3) is 0.308. The van der Waals surface area contributed by atoms with E-state index in [1.54, 1.807) is 42.6 Å². The molecule has 0 aliphatic carbocycles. The Morgan fingerprint density at radius 1 is 1.19 bits per heavy atom. The summed E-state index contributed by atoms with van der Waals surface area (Å²) in [5.74, 6) is -0.150. The van der Waals surface area contributed by atoms with Gasteiger partial charge in [-0.2, -0.15) is 8.42 Å². The molecular weight excluding hydrogens is 485 g/mol. The predicted octanol–water partition coefficient (Wildman–Crippen LogP) is 4.05. The van der Waals surface area contributed by atoms with Crippen LogP contribution in [-0.2, 0) is 19.1 Å². The molecule has 1 aliphatic rings. The minimum absolute atomic E-state index is 0.217. The van der Waals surface area contributed by atoms with Gasteiger partial charge in [-0.3, -0.25) is 8.98 Å². The molecule has 1 aliphatic heterocycles. The molecule has 2 atom stereocenters. The van der Waals surface area contributed by atoms with E-state index in [2.05, 4.69) is 4.98 Å². The van der Waals surface area contributed by atoms with Crippen LogP contribution in [0.25, 0.3) is 11.8 Å². The van der Waals surface area contributed by atoms with E-state index in [1.165, 1.54) is 12.1 Å². The van der Waals surface area contributed by atoms with Gasteiger partial charge in [0.1, 0.15) is 17.7 Å². The van der Waals surface area contributed by atoms with Crippen molar-refractivity contribution >= 4 is 22.1 Å². The monoisotopic (exact) mass is 513 g/mol. The molecule has 36 heavy (non-hydrogen) atoms. The van der Waals surface area contributed by atoms with Crippen LogP contribution in [0, 0.1) is 12.7 Å². The highest BCUT2D eigenvalue weighted by Gasteiger charge is 2.36. The van der Waals surface area contributed by atoms with E-state index in [4.69, 9.17) is 8.92 Å². The van der Waals surface area contributed by atoms with Gasteiger partial charge in [-0.25, -0.2) is 9.37 Å². The maximum Gasteiger partial charge on any atom is 0.264 e. The number of likely N-dealkylation sites (tertiary alicyclic amines) is 1. The Balaban J connectivity index is 1.71. The molecular formula is C26H28FN3O5S. The molecule has 0 spiro atoms. The Morgan fingerprint density at radius 2 is 1.92 bits per heavy atom. The lowest BCUT2D eigenvalue weighted by atomic mass is 9.95. The van der Waals surface area contributed by atoms with Crippen molar-refractivity contribution in [2.75, 3.05) is 19.9 Å². The third-order valence-corrected chi connectivity index (χ3v) is 6.70. The number of rotatable bonds is 7. The van der Waals surface area contributed by atoms with Crippen LogP contribution in [0.5, 0.6) is 5.75 Å². The summed E-state index contributed by atoms with van der Waals surface area (Å²) in [4.78, 5) is 19.5. The molecule has 3 aromatic rings. The number of hydrogen-bond donors (Lipinski definition) is 0. The molecule has 10 heteroatoms. The van der Waals surface area contributed by atoms with Crippen molar-refractivity contribution in [1.29, 1.82) is 0 Å². The smallest absolute Gasteiger partial charge is 0.264 e. The number of carbonyl (C=O) groups excluding carboxylic acids is 1. The number of carbonyl (C=O) groups is 1. The van der Waals surface area contributed by atoms with Crippen molar-refractivity contribution in [1.82, 2.24) is 14.5 Å². The lowest BCUT2D eigenvalue weighted by Gasteiger charge is -2.37. The Kier molecular flexibility index (Phi) is 7.28. The zero-order valence-corrected chi connectivity index (χ0v) is 21.3. The third-order valence-electron chi connectivity index (χ3n) is 6.11. The Labute approximate surface area is 210 Å². The molecule has 1 fully saturated rings. The maximum absolute atomic E-state index is 13.6. The number of imidazole rings is 1. The number of aryl methyl sites for hydroxylation is 1. The molecule has 8 nitrogen and oxygen atoms in total. The number of aromatic nitrogens is 2. The first kappa shape index (κ1) is 25.6. The lowest BCUT2D eigenvalue weighted by Crippen LogP contribution is -2.45. The van der Waals surface area contributed by atoms with Gasteiger partial charge in [0.25, 0.3) is 16.0 Å². The van der Waals surface area contributed by atoms with Crippen LogP contribution in [0.3, 0.4) is 0 Å². The topological polar surface area (TPSA) is 90.7 Å². The number of benzene rings is 2. The van der Waals surface area contributed by atoms with Crippen LogP contribution in [0.1, 0.15) is 36.2 Å². The summed E-state index contributed by atoms with van der Waals surface area (Å²) >= 11 is 0. The maximum atomic E-state index is 13.6. The normalized spacial score (nSPS) is 18.5. The van der Waals surface area contributed by atoms with Gasteiger partial charge in [-0.1, -0.05) is 18.2 Å². The second-order valence-electron chi connectivity index (χ2n) is 8.76. The van der Waals surface area contributed by atoms with Crippen LogP contribution in [0.4, 0.5) is 4.39 Å². The molecule has 0 saturated carbocycles. The Morgan fingerprint density at radius 3 is 2.53 bits per heavy atom. The number of halogens is 1. The average molecular weight is 514 g/mol. The average Bonchev–Trinajstić information content (AvgIpc) is 3.26. The Hall–Kier alpha value is -3.50. The van der Waals surface area contributed by atoms with Crippen LogP contribution in [0.15, 0.2) is 60.6 Å². The van der Waals surface area contributed by atoms with Gasteiger partial charge in [0.2, 0.25) is 0 Å². The molecule has 1 aromatic heterocycles. The van der Waals surface area contributed by atoms with Gasteiger partial charge in [-0.05, 0) is 61.7 Å². The highest BCUT2D eigenvalue weighted by molar-refractivity contribution is 7.86. The van der Waals surface area contributed by atoms with Gasteiger partial charge < -0.3 is 14.2 Å². The van der Waals surface area contributed by atoms with E-state index in [0.29, 0.717) is 17.7 Å². The predicted molar refractivity (Wildman–Crippen MR) is 134 cm³/mol. The highest BCUT2D eigenvalue weighted by atomic mass is 32.2. The standard InChI is InChI=1S/C26H28FN3O5S/c1-17-15-29(16-28-17)23-10-5-19(14-25(23)34-3)13-22-24(35-36(4,32)33)11-12-30(26(22)31)18(2)20-6-8-21(27)9-7-20/h5-10,13-16,18,24H,11-12H2,1-4H3/b22-13+/t18-,24?/m0/s1. The Bertz CT molecular complexity index is 1400. The van der Waals surface area contributed by atoms with Crippen molar-refractivity contribution < 1.29 is 26.5 Å². The van der Waals surface area contributed by atoms with Crippen molar-refractivity contribution in [3.05, 3.63) is 83.2 Å². The first-order valence-corrected chi connectivity index (χ1v) is 13.2. The molecule has 1 saturated heterocycles. The quantitative estimate of drug-likeness (QED) is 0.350. The van der Waals surface area contributed by atoms with Gasteiger partial charge in [-0.15, -0.1) is 0 Å². The van der Waals surface area contributed by atoms with E-state index in [9.17, 15) is 17.6 Å². The van der Waals surface area contributed by atoms with E-state index in [-0.39, 0.29) is 29.9 Å². The van der Waals surface area contributed by atoms with Gasteiger partial charge >= 0.3 is 0 Å². The summed E-state index contributed by atoms with van der Waals surface area (Å²) in [7, 11) is -2.26. The van der Waals surface area contributed by atoms with Crippen LogP contribution >= 0.6 is 0 Å². The number of nitrogens with zero attached hydrogens (tertiary/aromatic N) is 3. The van der Waals surface area contributed by atoms with E-state index in [1.807, 2.05) is 36.7 Å². The number of piperidine rings is 1. The van der Waals surface area contributed by atoms with Crippen LogP contribution in [-0.4, -0.2) is 54.8 Å². The zero-order valence-electron chi connectivity index (χ0n) is 20.5. The summed E-state index contributed by atoms with van der Waals surface area (Å²) in [6.45, 7) is 4.03. The molecule has 1 unspecified atom stereocenters. The second-order valence-corrected chi connectivity index (χ2v) is 10.4. The van der Waals surface area contributed by atoms with Gasteiger partial charge in [0, 0.05) is 18.3 Å². The van der Waals surface area contributed by atoms with E-state index < -0.39 is 16.2 Å². The second kappa shape index (κ2) is 10.2. The zero-order chi connectivity index (χ0) is 26.0. The van der Waals surface area contributed by atoms with Crippen molar-refractivity contribution in [3.8, 4) is 11.4 Å². The minimum Gasteiger partial charge on any atom is -0.495 e. The van der Waals surface area contributed by atoms with E-state index in [0.717, 1.165) is 23.2 Å².